The van der Waals surface area contributed by atoms with Gasteiger partial charge in [0.15, 0.2) is 0 Å². The number of amides is 1. The smallest absolute Gasteiger partial charge is 0.292 e. The molecule has 1 aliphatic heterocycles. The van der Waals surface area contributed by atoms with Gasteiger partial charge in [0.2, 0.25) is 5.76 Å². The molecule has 7 heteroatoms. The number of morpholine rings is 1. The van der Waals surface area contributed by atoms with Gasteiger partial charge in [0.1, 0.15) is 6.33 Å². The zero-order valence-corrected chi connectivity index (χ0v) is 14.0. The molecule has 1 saturated heterocycles. The summed E-state index contributed by atoms with van der Waals surface area (Å²) in [6, 6.07) is 3.63. The van der Waals surface area contributed by atoms with E-state index in [1.54, 1.807) is 23.5 Å². The molecular weight excluding hydrogens is 308 g/mol. The minimum absolute atomic E-state index is 0.00477. The van der Waals surface area contributed by atoms with Crippen molar-refractivity contribution >= 4 is 5.91 Å². The van der Waals surface area contributed by atoms with E-state index in [-0.39, 0.29) is 17.9 Å². The number of hydrogen-bond donors (Lipinski definition) is 0. The average Bonchev–Trinajstić information content (AvgIpc) is 3.11. The average molecular weight is 330 g/mol. The maximum absolute atomic E-state index is 12.6. The lowest BCUT2D eigenvalue weighted by Crippen LogP contribution is -2.45. The van der Waals surface area contributed by atoms with Crippen LogP contribution in [-0.4, -0.2) is 51.7 Å². The number of aryl methyl sites for hydroxylation is 1. The second kappa shape index (κ2) is 7.53. The molecule has 0 saturated carbocycles. The molecule has 0 aromatic carbocycles. The lowest BCUT2D eigenvalue weighted by molar-refractivity contribution is -0.0258. The molecular formula is C17H22N4O3. The number of hydrogen-bond acceptors (Lipinski definition) is 6. The predicted octanol–water partition coefficient (Wildman–Crippen LogP) is 2.06. The molecule has 0 spiro atoms. The van der Waals surface area contributed by atoms with Crippen LogP contribution in [0.25, 0.3) is 0 Å². The number of ether oxygens (including phenoxy) is 1. The van der Waals surface area contributed by atoms with Crippen molar-refractivity contribution < 1.29 is 14.1 Å². The first kappa shape index (κ1) is 16.6. The fourth-order valence-corrected chi connectivity index (χ4v) is 2.67. The molecule has 2 aromatic rings. The normalized spacial score (nSPS) is 18.1. The van der Waals surface area contributed by atoms with Crippen molar-refractivity contribution in [3.8, 4) is 0 Å². The highest BCUT2D eigenvalue weighted by atomic mass is 16.5. The maximum Gasteiger partial charge on any atom is 0.292 e. The largest absolute Gasteiger partial charge is 0.375 e. The molecule has 2 aromatic heterocycles. The Balaban J connectivity index is 1.57. The molecule has 3 rings (SSSR count). The zero-order valence-electron chi connectivity index (χ0n) is 14.0. The Hall–Kier alpha value is -2.28. The summed E-state index contributed by atoms with van der Waals surface area (Å²) >= 11 is 0. The van der Waals surface area contributed by atoms with Crippen molar-refractivity contribution in [1.82, 2.24) is 20.0 Å². The van der Waals surface area contributed by atoms with E-state index in [0.29, 0.717) is 25.5 Å². The summed E-state index contributed by atoms with van der Waals surface area (Å²) in [7, 11) is 0. The van der Waals surface area contributed by atoms with Crippen molar-refractivity contribution in [3.05, 3.63) is 41.8 Å². The molecule has 24 heavy (non-hydrogen) atoms. The van der Waals surface area contributed by atoms with E-state index in [0.717, 1.165) is 24.2 Å². The fourth-order valence-electron chi connectivity index (χ4n) is 2.67. The van der Waals surface area contributed by atoms with Crippen molar-refractivity contribution in [2.24, 2.45) is 0 Å². The van der Waals surface area contributed by atoms with Crippen molar-refractivity contribution in [2.75, 3.05) is 19.7 Å². The van der Waals surface area contributed by atoms with Crippen molar-refractivity contribution in [3.63, 3.8) is 0 Å². The summed E-state index contributed by atoms with van der Waals surface area (Å²) < 4.78 is 11.0. The molecule has 1 unspecified atom stereocenters. The minimum atomic E-state index is -0.121. The van der Waals surface area contributed by atoms with Crippen LogP contribution in [0.2, 0.25) is 0 Å². The molecule has 0 radical (unpaired) electrons. The second-order valence-corrected chi connectivity index (χ2v) is 6.25. The van der Waals surface area contributed by atoms with E-state index in [2.05, 4.69) is 15.1 Å². The summed E-state index contributed by atoms with van der Waals surface area (Å²) in [6.45, 7) is 5.70. The van der Waals surface area contributed by atoms with Crippen LogP contribution < -0.4 is 0 Å². The van der Waals surface area contributed by atoms with Gasteiger partial charge in [0.25, 0.3) is 5.91 Å². The molecule has 3 heterocycles. The van der Waals surface area contributed by atoms with Crippen LogP contribution >= 0.6 is 0 Å². The Morgan fingerprint density at radius 3 is 3.04 bits per heavy atom. The van der Waals surface area contributed by atoms with Gasteiger partial charge < -0.3 is 14.2 Å². The number of rotatable bonds is 5. The fraction of sp³-hybridized carbons (Fsp3) is 0.529. The molecule has 1 fully saturated rings. The lowest BCUT2D eigenvalue weighted by Gasteiger charge is -2.32. The van der Waals surface area contributed by atoms with E-state index < -0.39 is 0 Å². The molecule has 0 aliphatic carbocycles. The van der Waals surface area contributed by atoms with Crippen molar-refractivity contribution in [2.45, 2.75) is 38.7 Å². The Labute approximate surface area is 141 Å². The van der Waals surface area contributed by atoms with Crippen LogP contribution in [-0.2, 0) is 11.2 Å². The SMILES string of the molecule is CC(C)c1cc(C(=O)N2CCOC(CCc3ccncn3)C2)on1. The van der Waals surface area contributed by atoms with Gasteiger partial charge in [0.05, 0.1) is 18.4 Å². The van der Waals surface area contributed by atoms with Gasteiger partial charge in [0, 0.05) is 31.0 Å². The van der Waals surface area contributed by atoms with E-state index in [9.17, 15) is 4.79 Å². The van der Waals surface area contributed by atoms with Gasteiger partial charge in [-0.3, -0.25) is 4.79 Å². The third kappa shape index (κ3) is 3.97. The van der Waals surface area contributed by atoms with Crippen LogP contribution in [0.5, 0.6) is 0 Å². The quantitative estimate of drug-likeness (QED) is 0.835. The van der Waals surface area contributed by atoms with Crippen LogP contribution in [0.1, 0.15) is 48.1 Å². The first-order valence-corrected chi connectivity index (χ1v) is 8.26. The highest BCUT2D eigenvalue weighted by Gasteiger charge is 2.27. The zero-order chi connectivity index (χ0) is 16.9. The van der Waals surface area contributed by atoms with Gasteiger partial charge in [-0.1, -0.05) is 19.0 Å². The minimum Gasteiger partial charge on any atom is -0.375 e. The Bertz CT molecular complexity index is 671. The lowest BCUT2D eigenvalue weighted by atomic mass is 10.1. The summed E-state index contributed by atoms with van der Waals surface area (Å²) in [4.78, 5) is 22.5. The molecule has 0 bridgehead atoms. The monoisotopic (exact) mass is 330 g/mol. The number of nitrogens with zero attached hydrogens (tertiary/aromatic N) is 4. The number of aromatic nitrogens is 3. The summed E-state index contributed by atoms with van der Waals surface area (Å²) in [5, 5.41) is 3.96. The van der Waals surface area contributed by atoms with E-state index in [1.165, 1.54) is 0 Å². The Kier molecular flexibility index (Phi) is 5.20. The van der Waals surface area contributed by atoms with E-state index in [1.807, 2.05) is 19.9 Å². The van der Waals surface area contributed by atoms with Gasteiger partial charge in [-0.15, -0.1) is 0 Å². The molecule has 1 aliphatic rings. The second-order valence-electron chi connectivity index (χ2n) is 6.25. The first-order valence-electron chi connectivity index (χ1n) is 8.26. The Morgan fingerprint density at radius 1 is 1.46 bits per heavy atom. The van der Waals surface area contributed by atoms with Crippen LogP contribution in [0.3, 0.4) is 0 Å². The van der Waals surface area contributed by atoms with Gasteiger partial charge >= 0.3 is 0 Å². The molecule has 128 valence electrons. The first-order chi connectivity index (χ1) is 11.6. The highest BCUT2D eigenvalue weighted by molar-refractivity contribution is 5.91. The third-order valence-corrected chi connectivity index (χ3v) is 4.12. The maximum atomic E-state index is 12.6. The molecule has 1 amide bonds. The molecule has 0 N–H and O–H groups in total. The van der Waals surface area contributed by atoms with Crippen LogP contribution in [0.4, 0.5) is 0 Å². The number of carbonyl (C=O) groups is 1. The van der Waals surface area contributed by atoms with Gasteiger partial charge in [-0.25, -0.2) is 9.97 Å². The summed E-state index contributed by atoms with van der Waals surface area (Å²) in [5.74, 6) is 0.417. The third-order valence-electron chi connectivity index (χ3n) is 4.12. The molecule has 7 nitrogen and oxygen atoms in total. The Morgan fingerprint density at radius 2 is 2.33 bits per heavy atom. The van der Waals surface area contributed by atoms with Crippen LogP contribution in [0.15, 0.2) is 29.2 Å². The van der Waals surface area contributed by atoms with Crippen molar-refractivity contribution in [1.29, 1.82) is 0 Å². The van der Waals surface area contributed by atoms with Gasteiger partial charge in [-0.2, -0.15) is 0 Å². The van der Waals surface area contributed by atoms with Crippen LogP contribution in [0, 0.1) is 0 Å². The van der Waals surface area contributed by atoms with E-state index >= 15 is 0 Å². The topological polar surface area (TPSA) is 81.4 Å². The number of carbonyl (C=O) groups excluding carboxylic acids is 1. The standard InChI is InChI=1S/C17H22N4O3/c1-12(2)15-9-16(24-20-15)17(22)21-7-8-23-14(10-21)4-3-13-5-6-18-11-19-13/h5-6,9,11-12,14H,3-4,7-8,10H2,1-2H3. The highest BCUT2D eigenvalue weighted by Crippen LogP contribution is 2.18. The summed E-state index contributed by atoms with van der Waals surface area (Å²) in [5.41, 5.74) is 1.78. The van der Waals surface area contributed by atoms with Gasteiger partial charge in [-0.05, 0) is 24.8 Å². The summed E-state index contributed by atoms with van der Waals surface area (Å²) in [6.07, 6.45) is 4.90. The molecule has 1 atom stereocenters. The van der Waals surface area contributed by atoms with E-state index in [4.69, 9.17) is 9.26 Å². The predicted molar refractivity (Wildman–Crippen MR) is 86.6 cm³/mol.